The van der Waals surface area contributed by atoms with Crippen LogP contribution in [0.2, 0.25) is 5.02 Å². The molecule has 1 aliphatic heterocycles. The number of carbonyl (C=O) groups excluding carboxylic acids is 1. The number of carbonyl (C=O) groups is 1. The Kier molecular flexibility index (Phi) is 4.87. The molecule has 1 amide bonds. The number of nitrogens with one attached hydrogen (secondary N) is 1. The van der Waals surface area contributed by atoms with E-state index in [4.69, 9.17) is 16.9 Å². The fourth-order valence-electron chi connectivity index (χ4n) is 2.62. The largest absolute Gasteiger partial charge is 0.355 e. The zero-order valence-corrected chi connectivity index (χ0v) is 13.6. The van der Waals surface area contributed by atoms with Crippen LogP contribution in [0.25, 0.3) is 0 Å². The summed E-state index contributed by atoms with van der Waals surface area (Å²) in [6.07, 6.45) is 6.19. The van der Waals surface area contributed by atoms with Crippen molar-refractivity contribution in [3.63, 3.8) is 0 Å². The number of amides is 1. The van der Waals surface area contributed by atoms with Crippen LogP contribution in [0.3, 0.4) is 0 Å². The highest BCUT2D eigenvalue weighted by Crippen LogP contribution is 2.22. The molecule has 3 rings (SSSR count). The number of rotatable bonds is 3. The molecule has 0 radical (unpaired) electrons. The fraction of sp³-hybridized carbons (Fsp3) is 0.312. The lowest BCUT2D eigenvalue weighted by Gasteiger charge is -2.32. The van der Waals surface area contributed by atoms with Crippen molar-refractivity contribution >= 4 is 29.1 Å². The standard InChI is InChI=1S/C16H15ClN6O/c17-12-3-4-14(20-7-12)22-16(24)11-2-1-5-23(10-11)15-9-19-13(6-18)8-21-15/h3-4,7-9,11H,1-2,5,10H2,(H,20,22,24). The Hall–Kier alpha value is -2.72. The summed E-state index contributed by atoms with van der Waals surface area (Å²) in [7, 11) is 0. The van der Waals surface area contributed by atoms with Gasteiger partial charge in [0, 0.05) is 19.3 Å². The normalized spacial score (nSPS) is 17.2. The summed E-state index contributed by atoms with van der Waals surface area (Å²) in [5.41, 5.74) is 0.277. The highest BCUT2D eigenvalue weighted by Gasteiger charge is 2.27. The first-order valence-electron chi connectivity index (χ1n) is 7.55. The molecule has 122 valence electrons. The van der Waals surface area contributed by atoms with E-state index in [-0.39, 0.29) is 17.5 Å². The van der Waals surface area contributed by atoms with E-state index >= 15 is 0 Å². The van der Waals surface area contributed by atoms with E-state index in [0.717, 1.165) is 19.4 Å². The monoisotopic (exact) mass is 342 g/mol. The maximum Gasteiger partial charge on any atom is 0.230 e. The Balaban J connectivity index is 1.65. The first-order valence-corrected chi connectivity index (χ1v) is 7.93. The third-order valence-corrected chi connectivity index (χ3v) is 4.07. The van der Waals surface area contributed by atoms with Gasteiger partial charge in [-0.1, -0.05) is 11.6 Å². The molecule has 24 heavy (non-hydrogen) atoms. The number of hydrogen-bond acceptors (Lipinski definition) is 6. The van der Waals surface area contributed by atoms with Crippen molar-refractivity contribution in [1.29, 1.82) is 5.26 Å². The van der Waals surface area contributed by atoms with Gasteiger partial charge in [-0.3, -0.25) is 4.79 Å². The zero-order valence-electron chi connectivity index (χ0n) is 12.8. The lowest BCUT2D eigenvalue weighted by atomic mass is 9.97. The summed E-state index contributed by atoms with van der Waals surface area (Å²) in [5.74, 6) is 0.931. The highest BCUT2D eigenvalue weighted by molar-refractivity contribution is 6.30. The predicted molar refractivity (Wildman–Crippen MR) is 89.6 cm³/mol. The van der Waals surface area contributed by atoms with Crippen molar-refractivity contribution < 1.29 is 4.79 Å². The third kappa shape index (κ3) is 3.78. The van der Waals surface area contributed by atoms with E-state index in [2.05, 4.69) is 20.3 Å². The van der Waals surface area contributed by atoms with Crippen molar-refractivity contribution in [3.8, 4) is 6.07 Å². The van der Waals surface area contributed by atoms with Gasteiger partial charge >= 0.3 is 0 Å². The third-order valence-electron chi connectivity index (χ3n) is 3.85. The minimum atomic E-state index is -0.159. The van der Waals surface area contributed by atoms with Gasteiger partial charge in [-0.25, -0.2) is 15.0 Å². The number of nitrogens with zero attached hydrogens (tertiary/aromatic N) is 5. The average Bonchev–Trinajstić information content (AvgIpc) is 2.64. The topological polar surface area (TPSA) is 94.8 Å². The first kappa shape index (κ1) is 16.1. The van der Waals surface area contributed by atoms with Crippen LogP contribution >= 0.6 is 11.6 Å². The summed E-state index contributed by atoms with van der Waals surface area (Å²) in [6, 6.07) is 5.30. The molecule has 7 nitrogen and oxygen atoms in total. The number of anilines is 2. The van der Waals surface area contributed by atoms with Gasteiger partial charge in [-0.15, -0.1) is 0 Å². The number of halogens is 1. The number of hydrogen-bond donors (Lipinski definition) is 1. The molecule has 1 fully saturated rings. The molecular weight excluding hydrogens is 328 g/mol. The number of aromatic nitrogens is 3. The highest BCUT2D eigenvalue weighted by atomic mass is 35.5. The maximum atomic E-state index is 12.4. The summed E-state index contributed by atoms with van der Waals surface area (Å²) in [6.45, 7) is 1.36. The molecule has 1 atom stereocenters. The Bertz CT molecular complexity index is 756. The van der Waals surface area contributed by atoms with Gasteiger partial charge in [0.15, 0.2) is 5.69 Å². The Morgan fingerprint density at radius 1 is 1.29 bits per heavy atom. The van der Waals surface area contributed by atoms with E-state index in [1.165, 1.54) is 12.4 Å². The van der Waals surface area contributed by atoms with Gasteiger partial charge in [0.1, 0.15) is 17.7 Å². The second-order valence-electron chi connectivity index (χ2n) is 5.51. The number of piperidine rings is 1. The molecule has 8 heteroatoms. The summed E-state index contributed by atoms with van der Waals surface area (Å²) in [5, 5.41) is 12.1. The molecule has 0 aliphatic carbocycles. The van der Waals surface area contributed by atoms with E-state index < -0.39 is 0 Å². The maximum absolute atomic E-state index is 12.4. The first-order chi connectivity index (χ1) is 11.7. The van der Waals surface area contributed by atoms with Crippen LogP contribution < -0.4 is 10.2 Å². The van der Waals surface area contributed by atoms with Crippen LogP contribution in [0.15, 0.2) is 30.7 Å². The summed E-state index contributed by atoms with van der Waals surface area (Å²) in [4.78, 5) is 26.8. The van der Waals surface area contributed by atoms with Gasteiger partial charge in [0.2, 0.25) is 5.91 Å². The smallest absolute Gasteiger partial charge is 0.230 e. The van der Waals surface area contributed by atoms with Crippen LogP contribution in [0.4, 0.5) is 11.6 Å². The van der Waals surface area contributed by atoms with E-state index in [1.54, 1.807) is 18.3 Å². The van der Waals surface area contributed by atoms with Crippen molar-refractivity contribution in [2.45, 2.75) is 12.8 Å². The van der Waals surface area contributed by atoms with Crippen LogP contribution in [0.1, 0.15) is 18.5 Å². The van der Waals surface area contributed by atoms with E-state index in [1.807, 2.05) is 11.0 Å². The van der Waals surface area contributed by atoms with Crippen molar-refractivity contribution in [2.75, 3.05) is 23.3 Å². The average molecular weight is 343 g/mol. The van der Waals surface area contributed by atoms with Gasteiger partial charge in [-0.2, -0.15) is 5.26 Å². The Morgan fingerprint density at radius 2 is 2.17 bits per heavy atom. The number of pyridine rings is 1. The van der Waals surface area contributed by atoms with Crippen LogP contribution in [0.5, 0.6) is 0 Å². The van der Waals surface area contributed by atoms with Crippen LogP contribution in [-0.2, 0) is 4.79 Å². The minimum absolute atomic E-state index is 0.0730. The Morgan fingerprint density at radius 3 is 2.83 bits per heavy atom. The molecule has 0 spiro atoms. The van der Waals surface area contributed by atoms with E-state index in [0.29, 0.717) is 23.2 Å². The van der Waals surface area contributed by atoms with Crippen LogP contribution in [-0.4, -0.2) is 33.9 Å². The lowest BCUT2D eigenvalue weighted by molar-refractivity contribution is -0.120. The summed E-state index contributed by atoms with van der Waals surface area (Å²) >= 11 is 5.79. The predicted octanol–water partition coefficient (Wildman–Crippen LogP) is 2.25. The second kappa shape index (κ2) is 7.23. The van der Waals surface area contributed by atoms with E-state index in [9.17, 15) is 4.79 Å². The zero-order chi connectivity index (χ0) is 16.9. The second-order valence-corrected chi connectivity index (χ2v) is 5.94. The van der Waals surface area contributed by atoms with Gasteiger partial charge in [-0.05, 0) is 25.0 Å². The molecule has 1 N–H and O–H groups in total. The van der Waals surface area contributed by atoms with Crippen LogP contribution in [0, 0.1) is 17.2 Å². The molecule has 0 aromatic carbocycles. The molecule has 3 heterocycles. The lowest BCUT2D eigenvalue weighted by Crippen LogP contribution is -2.41. The van der Waals surface area contributed by atoms with Crippen molar-refractivity contribution in [1.82, 2.24) is 15.0 Å². The SMILES string of the molecule is N#Cc1cnc(N2CCCC(C(=O)Nc3ccc(Cl)cn3)C2)cn1. The molecule has 0 saturated carbocycles. The van der Waals surface area contributed by atoms with Gasteiger partial charge in [0.25, 0.3) is 0 Å². The quantitative estimate of drug-likeness (QED) is 0.919. The summed E-state index contributed by atoms with van der Waals surface area (Å²) < 4.78 is 0. The van der Waals surface area contributed by atoms with Crippen molar-refractivity contribution in [3.05, 3.63) is 41.4 Å². The molecule has 1 unspecified atom stereocenters. The van der Waals surface area contributed by atoms with Gasteiger partial charge < -0.3 is 10.2 Å². The van der Waals surface area contributed by atoms with Gasteiger partial charge in [0.05, 0.1) is 23.3 Å². The number of nitriles is 1. The Labute approximate surface area is 144 Å². The fourth-order valence-corrected chi connectivity index (χ4v) is 2.73. The molecule has 2 aromatic rings. The molecule has 0 bridgehead atoms. The molecular formula is C16H15ClN6O. The van der Waals surface area contributed by atoms with Crippen molar-refractivity contribution in [2.24, 2.45) is 5.92 Å². The molecule has 1 aliphatic rings. The molecule has 1 saturated heterocycles. The molecule has 2 aromatic heterocycles. The minimum Gasteiger partial charge on any atom is -0.355 e.